The zero-order valence-corrected chi connectivity index (χ0v) is 18.3. The Kier molecular flexibility index (Phi) is 6.99. The summed E-state index contributed by atoms with van der Waals surface area (Å²) < 4.78 is 20.3. The van der Waals surface area contributed by atoms with Crippen molar-refractivity contribution in [3.63, 3.8) is 0 Å². The average Bonchev–Trinajstić information content (AvgIpc) is 3.21. The van der Waals surface area contributed by atoms with E-state index >= 15 is 0 Å². The number of aromatic nitrogens is 3. The lowest BCUT2D eigenvalue weighted by molar-refractivity contribution is 0.0600. The molecule has 0 amide bonds. The van der Waals surface area contributed by atoms with Crippen LogP contribution in [-0.4, -0.2) is 45.8 Å². The van der Waals surface area contributed by atoms with E-state index in [0.717, 1.165) is 41.9 Å². The van der Waals surface area contributed by atoms with Crippen molar-refractivity contribution in [3.8, 4) is 5.69 Å². The summed E-state index contributed by atoms with van der Waals surface area (Å²) in [7, 11) is 1.37. The Bertz CT molecular complexity index is 1020. The van der Waals surface area contributed by atoms with Crippen LogP contribution in [0.2, 0.25) is 0 Å². The maximum atomic E-state index is 13.5. The van der Waals surface area contributed by atoms with Gasteiger partial charge < -0.3 is 4.74 Å². The molecular weight excluding hydrogens is 415 g/mol. The van der Waals surface area contributed by atoms with Crippen LogP contribution in [0.1, 0.15) is 41.0 Å². The molecule has 0 radical (unpaired) electrons. The zero-order valence-electron chi connectivity index (χ0n) is 17.5. The van der Waals surface area contributed by atoms with E-state index in [9.17, 15) is 9.18 Å². The summed E-state index contributed by atoms with van der Waals surface area (Å²) >= 11 is 1.56. The maximum Gasteiger partial charge on any atom is 0.337 e. The molecule has 2 aromatic carbocycles. The van der Waals surface area contributed by atoms with E-state index in [2.05, 4.69) is 15.1 Å². The summed E-state index contributed by atoms with van der Waals surface area (Å²) in [6, 6.07) is 13.8. The minimum Gasteiger partial charge on any atom is -0.465 e. The molecule has 4 rings (SSSR count). The third-order valence-electron chi connectivity index (χ3n) is 5.34. The van der Waals surface area contributed by atoms with Crippen LogP contribution in [0.4, 0.5) is 4.39 Å². The minimum absolute atomic E-state index is 0.269. The average molecular weight is 441 g/mol. The largest absolute Gasteiger partial charge is 0.465 e. The van der Waals surface area contributed by atoms with E-state index in [1.807, 2.05) is 16.7 Å². The van der Waals surface area contributed by atoms with Gasteiger partial charge in [0.1, 0.15) is 5.82 Å². The number of piperidine rings is 1. The maximum absolute atomic E-state index is 13.5. The van der Waals surface area contributed by atoms with Gasteiger partial charge in [-0.1, -0.05) is 30.3 Å². The first-order chi connectivity index (χ1) is 15.1. The van der Waals surface area contributed by atoms with E-state index < -0.39 is 0 Å². The molecule has 8 heteroatoms. The molecular formula is C23H25FN4O2S. The summed E-state index contributed by atoms with van der Waals surface area (Å²) in [5.41, 5.74) is 2.43. The molecule has 0 atom stereocenters. The van der Waals surface area contributed by atoms with Crippen molar-refractivity contribution in [2.75, 3.05) is 20.2 Å². The van der Waals surface area contributed by atoms with E-state index in [0.29, 0.717) is 11.3 Å². The number of thioether (sulfide) groups is 1. The standard InChI is InChI=1S/C23H25FN4O2S/c1-30-22(29)18-7-5-17(6-8-18)16-31-23-26-25-21(15-27-13-3-2-4-14-27)28(23)20-11-9-19(24)10-12-20/h5-12H,2-4,13-16H2,1H3. The summed E-state index contributed by atoms with van der Waals surface area (Å²) in [5.74, 6) is 0.911. The zero-order chi connectivity index (χ0) is 21.6. The van der Waals surface area contributed by atoms with Crippen molar-refractivity contribution >= 4 is 17.7 Å². The molecule has 6 nitrogen and oxygen atoms in total. The quantitative estimate of drug-likeness (QED) is 0.399. The highest BCUT2D eigenvalue weighted by molar-refractivity contribution is 7.98. The first-order valence-corrected chi connectivity index (χ1v) is 11.4. The summed E-state index contributed by atoms with van der Waals surface area (Å²) in [6.45, 7) is 2.84. The van der Waals surface area contributed by atoms with Gasteiger partial charge in [-0.25, -0.2) is 9.18 Å². The Morgan fingerprint density at radius 1 is 1.03 bits per heavy atom. The molecule has 0 unspecified atom stereocenters. The second-order valence-corrected chi connectivity index (χ2v) is 8.47. The highest BCUT2D eigenvalue weighted by atomic mass is 32.2. The number of carbonyl (C=O) groups excluding carboxylic acids is 1. The van der Waals surface area contributed by atoms with E-state index in [1.54, 1.807) is 36.0 Å². The lowest BCUT2D eigenvalue weighted by Gasteiger charge is -2.26. The predicted octanol–water partition coefficient (Wildman–Crippen LogP) is 4.47. The fourth-order valence-electron chi connectivity index (χ4n) is 3.67. The Labute approximate surface area is 185 Å². The lowest BCUT2D eigenvalue weighted by atomic mass is 10.1. The van der Waals surface area contributed by atoms with Crippen LogP contribution >= 0.6 is 11.8 Å². The summed E-state index contributed by atoms with van der Waals surface area (Å²) in [6.07, 6.45) is 3.68. The number of hydrogen-bond donors (Lipinski definition) is 0. The van der Waals surface area contributed by atoms with Crippen molar-refractivity contribution in [1.29, 1.82) is 0 Å². The van der Waals surface area contributed by atoms with Crippen LogP contribution < -0.4 is 0 Å². The van der Waals surface area contributed by atoms with Crippen LogP contribution in [-0.2, 0) is 17.0 Å². The van der Waals surface area contributed by atoms with Gasteiger partial charge in [-0.2, -0.15) is 0 Å². The number of likely N-dealkylation sites (tertiary alicyclic amines) is 1. The van der Waals surface area contributed by atoms with Gasteiger partial charge in [0, 0.05) is 11.4 Å². The topological polar surface area (TPSA) is 60.2 Å². The number of methoxy groups -OCH3 is 1. The van der Waals surface area contributed by atoms with Crippen molar-refractivity contribution in [1.82, 2.24) is 19.7 Å². The van der Waals surface area contributed by atoms with E-state index in [1.165, 1.54) is 38.5 Å². The van der Waals surface area contributed by atoms with Crippen LogP contribution in [0.5, 0.6) is 0 Å². The molecule has 0 N–H and O–H groups in total. The summed E-state index contributed by atoms with van der Waals surface area (Å²) in [4.78, 5) is 14.0. The van der Waals surface area contributed by atoms with Gasteiger partial charge in [-0.05, 0) is 67.9 Å². The van der Waals surface area contributed by atoms with Gasteiger partial charge in [-0.3, -0.25) is 9.47 Å². The second kappa shape index (κ2) is 10.1. The molecule has 2 heterocycles. The van der Waals surface area contributed by atoms with Gasteiger partial charge >= 0.3 is 5.97 Å². The Morgan fingerprint density at radius 2 is 1.74 bits per heavy atom. The number of ether oxygens (including phenoxy) is 1. The number of rotatable bonds is 7. The number of nitrogens with zero attached hydrogens (tertiary/aromatic N) is 4. The Hall–Kier alpha value is -2.71. The van der Waals surface area contributed by atoms with Crippen LogP contribution in [0, 0.1) is 5.82 Å². The van der Waals surface area contributed by atoms with Crippen LogP contribution in [0.25, 0.3) is 5.69 Å². The normalized spacial score (nSPS) is 14.5. The number of benzene rings is 2. The highest BCUT2D eigenvalue weighted by Crippen LogP contribution is 2.27. The SMILES string of the molecule is COC(=O)c1ccc(CSc2nnc(CN3CCCCC3)n2-c2ccc(F)cc2)cc1. The van der Waals surface area contributed by atoms with Crippen molar-refractivity contribution in [3.05, 3.63) is 71.3 Å². The molecule has 31 heavy (non-hydrogen) atoms. The van der Waals surface area contributed by atoms with Crippen molar-refractivity contribution in [2.45, 2.75) is 36.7 Å². The van der Waals surface area contributed by atoms with E-state index in [4.69, 9.17) is 4.74 Å². The molecule has 1 aliphatic heterocycles. The molecule has 1 fully saturated rings. The van der Waals surface area contributed by atoms with Crippen LogP contribution in [0.3, 0.4) is 0 Å². The number of halogens is 1. The number of esters is 1. The smallest absolute Gasteiger partial charge is 0.337 e. The Balaban J connectivity index is 1.54. The fraction of sp³-hybridized carbons (Fsp3) is 0.348. The van der Waals surface area contributed by atoms with Crippen molar-refractivity contribution in [2.24, 2.45) is 0 Å². The second-order valence-electron chi connectivity index (χ2n) is 7.52. The Morgan fingerprint density at radius 3 is 2.42 bits per heavy atom. The third kappa shape index (κ3) is 5.32. The van der Waals surface area contributed by atoms with Gasteiger partial charge in [0.2, 0.25) is 0 Å². The van der Waals surface area contributed by atoms with Gasteiger partial charge in [0.05, 0.1) is 19.2 Å². The molecule has 1 saturated heterocycles. The van der Waals surface area contributed by atoms with Gasteiger partial charge in [0.15, 0.2) is 11.0 Å². The van der Waals surface area contributed by atoms with Crippen LogP contribution in [0.15, 0.2) is 53.7 Å². The van der Waals surface area contributed by atoms with Gasteiger partial charge in [-0.15, -0.1) is 10.2 Å². The molecule has 0 aliphatic carbocycles. The molecule has 162 valence electrons. The summed E-state index contributed by atoms with van der Waals surface area (Å²) in [5, 5.41) is 9.66. The molecule has 0 saturated carbocycles. The number of hydrogen-bond acceptors (Lipinski definition) is 6. The molecule has 0 bridgehead atoms. The highest BCUT2D eigenvalue weighted by Gasteiger charge is 2.19. The monoisotopic (exact) mass is 440 g/mol. The molecule has 3 aromatic rings. The lowest BCUT2D eigenvalue weighted by Crippen LogP contribution is -2.30. The first-order valence-electron chi connectivity index (χ1n) is 10.4. The molecule has 0 spiro atoms. The van der Waals surface area contributed by atoms with Gasteiger partial charge in [0.25, 0.3) is 0 Å². The molecule has 1 aromatic heterocycles. The van der Waals surface area contributed by atoms with Crippen molar-refractivity contribution < 1.29 is 13.9 Å². The molecule has 1 aliphatic rings. The predicted molar refractivity (Wildman–Crippen MR) is 118 cm³/mol. The van der Waals surface area contributed by atoms with E-state index in [-0.39, 0.29) is 11.8 Å². The minimum atomic E-state index is -0.349. The first kappa shape index (κ1) is 21.5. The third-order valence-corrected chi connectivity index (χ3v) is 6.34. The fourth-order valence-corrected chi connectivity index (χ4v) is 4.59. The number of carbonyl (C=O) groups is 1.